The summed E-state index contributed by atoms with van der Waals surface area (Å²) in [5.41, 5.74) is -0.315. The highest BCUT2D eigenvalue weighted by Gasteiger charge is 2.53. The van der Waals surface area contributed by atoms with Crippen molar-refractivity contribution in [3.05, 3.63) is 17.8 Å². The maximum atomic E-state index is 12.5. The number of halogens is 1. The normalized spacial score (nSPS) is 25.4. The number of aromatic nitrogens is 4. The van der Waals surface area contributed by atoms with Gasteiger partial charge in [-0.1, -0.05) is 0 Å². The molecule has 2 unspecified atom stereocenters. The van der Waals surface area contributed by atoms with Gasteiger partial charge in [0.2, 0.25) is 5.28 Å². The minimum absolute atomic E-state index is 0.0587. The van der Waals surface area contributed by atoms with Crippen LogP contribution in [0.15, 0.2) is 12.5 Å². The van der Waals surface area contributed by atoms with Crippen LogP contribution in [0.3, 0.4) is 0 Å². The highest BCUT2D eigenvalue weighted by molar-refractivity contribution is 7.99. The van der Waals surface area contributed by atoms with Gasteiger partial charge in [0, 0.05) is 11.5 Å². The van der Waals surface area contributed by atoms with Crippen molar-refractivity contribution >= 4 is 40.5 Å². The van der Waals surface area contributed by atoms with Crippen LogP contribution in [0.1, 0.15) is 6.92 Å². The number of hydrogen-bond donors (Lipinski definition) is 1. The van der Waals surface area contributed by atoms with Crippen LogP contribution in [0, 0.1) is 0 Å². The average Bonchev–Trinajstić information content (AvgIpc) is 3.03. The third kappa shape index (κ3) is 2.18. The summed E-state index contributed by atoms with van der Waals surface area (Å²) < 4.78 is 6.72. The van der Waals surface area contributed by atoms with Crippen molar-refractivity contribution in [2.75, 3.05) is 18.1 Å². The summed E-state index contributed by atoms with van der Waals surface area (Å²) in [5, 5.41) is 10.4. The van der Waals surface area contributed by atoms with E-state index in [1.165, 1.54) is 24.3 Å². The fourth-order valence-electron chi connectivity index (χ4n) is 2.42. The van der Waals surface area contributed by atoms with E-state index in [2.05, 4.69) is 15.0 Å². The Morgan fingerprint density at radius 3 is 3.14 bits per heavy atom. The number of nitrogens with zero attached hydrogens (tertiary/aromatic N) is 4. The Morgan fingerprint density at radius 2 is 2.48 bits per heavy atom. The van der Waals surface area contributed by atoms with Crippen LogP contribution in [0.2, 0.25) is 5.28 Å². The number of hydrogen-bond acceptors (Lipinski definition) is 7. The molecule has 0 aromatic carbocycles. The van der Waals surface area contributed by atoms with Gasteiger partial charge in [-0.3, -0.25) is 4.57 Å². The van der Waals surface area contributed by atoms with Crippen LogP contribution in [-0.4, -0.2) is 54.8 Å². The number of carbonyl (C=O) groups excluding carboxylic acids is 1. The number of aliphatic hydroxyl groups is 1. The first-order valence-electron chi connectivity index (χ1n) is 6.38. The smallest absolute Gasteiger partial charge is 0.336 e. The molecule has 3 heterocycles. The predicted octanol–water partition coefficient (Wildman–Crippen LogP) is 0.846. The molecular formula is C12H13ClN4O3S. The molecule has 1 aliphatic rings. The molecule has 0 spiro atoms. The molecule has 7 nitrogen and oxygen atoms in total. The van der Waals surface area contributed by atoms with Crippen LogP contribution in [0.5, 0.6) is 0 Å². The van der Waals surface area contributed by atoms with Crippen LogP contribution in [-0.2, 0) is 15.1 Å². The molecule has 0 aliphatic carbocycles. The SMILES string of the molecule is CCOC(=O)C1(n2cnc3cnc(Cl)nc32)CSCC1O. The molecule has 3 rings (SSSR count). The van der Waals surface area contributed by atoms with E-state index < -0.39 is 17.6 Å². The molecule has 1 fully saturated rings. The summed E-state index contributed by atoms with van der Waals surface area (Å²) in [4.78, 5) is 24.7. The third-order valence-electron chi connectivity index (χ3n) is 3.47. The van der Waals surface area contributed by atoms with Crippen molar-refractivity contribution in [2.45, 2.75) is 18.6 Å². The zero-order valence-electron chi connectivity index (χ0n) is 11.2. The first-order valence-corrected chi connectivity index (χ1v) is 7.92. The Bertz CT molecular complexity index is 694. The van der Waals surface area contributed by atoms with Gasteiger partial charge in [-0.05, 0) is 18.5 Å². The Hall–Kier alpha value is -1.38. The van der Waals surface area contributed by atoms with E-state index in [1.807, 2.05) is 0 Å². The first kappa shape index (κ1) is 14.6. The molecule has 0 bridgehead atoms. The van der Waals surface area contributed by atoms with Gasteiger partial charge >= 0.3 is 5.97 Å². The molecule has 112 valence electrons. The van der Waals surface area contributed by atoms with E-state index in [-0.39, 0.29) is 11.9 Å². The Balaban J connectivity index is 2.19. The Kier molecular flexibility index (Phi) is 3.76. The maximum Gasteiger partial charge on any atom is 0.336 e. The lowest BCUT2D eigenvalue weighted by atomic mass is 9.95. The molecular weight excluding hydrogens is 316 g/mol. The zero-order chi connectivity index (χ0) is 15.0. The van der Waals surface area contributed by atoms with Crippen molar-refractivity contribution in [1.29, 1.82) is 0 Å². The van der Waals surface area contributed by atoms with Crippen LogP contribution >= 0.6 is 23.4 Å². The van der Waals surface area contributed by atoms with Crippen molar-refractivity contribution in [3.8, 4) is 0 Å². The summed E-state index contributed by atoms with van der Waals surface area (Å²) in [6, 6.07) is 0. The zero-order valence-corrected chi connectivity index (χ0v) is 12.8. The van der Waals surface area contributed by atoms with E-state index in [9.17, 15) is 9.90 Å². The molecule has 0 saturated carbocycles. The summed E-state index contributed by atoms with van der Waals surface area (Å²) in [7, 11) is 0. The van der Waals surface area contributed by atoms with Crippen molar-refractivity contribution in [1.82, 2.24) is 19.5 Å². The fourth-order valence-corrected chi connectivity index (χ4v) is 3.93. The second kappa shape index (κ2) is 5.43. The maximum absolute atomic E-state index is 12.5. The number of esters is 1. The van der Waals surface area contributed by atoms with Crippen LogP contribution in [0.25, 0.3) is 11.2 Å². The average molecular weight is 329 g/mol. The summed E-state index contributed by atoms with van der Waals surface area (Å²) in [5.74, 6) is 0.341. The number of imidazole rings is 1. The predicted molar refractivity (Wildman–Crippen MR) is 78.3 cm³/mol. The van der Waals surface area contributed by atoms with Gasteiger partial charge in [0.25, 0.3) is 0 Å². The Labute approximate surface area is 129 Å². The molecule has 0 radical (unpaired) electrons. The number of ether oxygens (including phenoxy) is 1. The van der Waals surface area contributed by atoms with E-state index in [1.54, 1.807) is 11.5 Å². The highest BCUT2D eigenvalue weighted by atomic mass is 35.5. The van der Waals surface area contributed by atoms with Crippen LogP contribution in [0.4, 0.5) is 0 Å². The summed E-state index contributed by atoms with van der Waals surface area (Å²) >= 11 is 7.31. The summed E-state index contributed by atoms with van der Waals surface area (Å²) in [6.45, 7) is 1.96. The second-order valence-electron chi connectivity index (χ2n) is 4.64. The fraction of sp³-hybridized carbons (Fsp3) is 0.500. The summed E-state index contributed by atoms with van der Waals surface area (Å²) in [6.07, 6.45) is 2.07. The van der Waals surface area contributed by atoms with Gasteiger partial charge in [0.15, 0.2) is 11.2 Å². The molecule has 1 saturated heterocycles. The van der Waals surface area contributed by atoms with Crippen LogP contribution < -0.4 is 0 Å². The van der Waals surface area contributed by atoms with Gasteiger partial charge in [0.1, 0.15) is 5.52 Å². The molecule has 0 amide bonds. The minimum atomic E-state index is -1.23. The number of thioether (sulfide) groups is 1. The van der Waals surface area contributed by atoms with Gasteiger partial charge in [0.05, 0.1) is 25.2 Å². The van der Waals surface area contributed by atoms with E-state index in [0.717, 1.165) is 0 Å². The monoisotopic (exact) mass is 328 g/mol. The molecule has 2 aromatic rings. The Morgan fingerprint density at radius 1 is 1.67 bits per heavy atom. The van der Waals surface area contributed by atoms with Gasteiger partial charge in [-0.2, -0.15) is 16.7 Å². The molecule has 9 heteroatoms. The van der Waals surface area contributed by atoms with E-state index in [4.69, 9.17) is 16.3 Å². The number of rotatable bonds is 3. The molecule has 2 atom stereocenters. The van der Waals surface area contributed by atoms with Crippen molar-refractivity contribution in [3.63, 3.8) is 0 Å². The number of carbonyl (C=O) groups is 1. The van der Waals surface area contributed by atoms with E-state index >= 15 is 0 Å². The topological polar surface area (TPSA) is 90.1 Å². The number of aliphatic hydroxyl groups excluding tert-OH is 1. The van der Waals surface area contributed by atoms with E-state index in [0.29, 0.717) is 22.7 Å². The quantitative estimate of drug-likeness (QED) is 0.659. The van der Waals surface area contributed by atoms with Gasteiger partial charge in [-0.15, -0.1) is 0 Å². The van der Waals surface area contributed by atoms with Gasteiger partial charge in [-0.25, -0.2) is 14.8 Å². The largest absolute Gasteiger partial charge is 0.464 e. The minimum Gasteiger partial charge on any atom is -0.464 e. The molecule has 21 heavy (non-hydrogen) atoms. The lowest BCUT2D eigenvalue weighted by Crippen LogP contribution is -2.51. The molecule has 1 N–H and O–H groups in total. The highest BCUT2D eigenvalue weighted by Crippen LogP contribution is 2.38. The molecule has 2 aromatic heterocycles. The third-order valence-corrected chi connectivity index (χ3v) is 4.85. The lowest BCUT2D eigenvalue weighted by molar-refractivity contribution is -0.157. The molecule has 1 aliphatic heterocycles. The van der Waals surface area contributed by atoms with Crippen molar-refractivity contribution in [2.24, 2.45) is 0 Å². The first-order chi connectivity index (χ1) is 10.1. The second-order valence-corrected chi connectivity index (χ2v) is 6.01. The van der Waals surface area contributed by atoms with Gasteiger partial charge < -0.3 is 9.84 Å². The van der Waals surface area contributed by atoms with Crippen molar-refractivity contribution < 1.29 is 14.6 Å². The number of fused-ring (bicyclic) bond motifs is 1. The standard InChI is InChI=1S/C12H13ClN4O3S/c1-2-20-10(19)12(5-21-4-8(12)18)17-6-15-7-3-14-11(13)16-9(7)17/h3,6,8,18H,2,4-5H2,1H3. The lowest BCUT2D eigenvalue weighted by Gasteiger charge is -2.30.